The van der Waals surface area contributed by atoms with Crippen LogP contribution in [-0.2, 0) is 0 Å². The summed E-state index contributed by atoms with van der Waals surface area (Å²) in [6, 6.07) is 3.35. The van der Waals surface area contributed by atoms with Crippen LogP contribution >= 0.6 is 11.3 Å². The summed E-state index contributed by atoms with van der Waals surface area (Å²) in [6.07, 6.45) is 0. The second-order valence-electron chi connectivity index (χ2n) is 2.80. The molecule has 1 heterocycles. The molecule has 0 radical (unpaired) electrons. The van der Waals surface area contributed by atoms with Gasteiger partial charge in [-0.3, -0.25) is 0 Å². The van der Waals surface area contributed by atoms with Gasteiger partial charge in [0.2, 0.25) is 0 Å². The third-order valence-electron chi connectivity index (χ3n) is 2.07. The third-order valence-corrected chi connectivity index (χ3v) is 3.05. The summed E-state index contributed by atoms with van der Waals surface area (Å²) in [5.74, 6) is 1.71. The molecule has 0 fully saturated rings. The van der Waals surface area contributed by atoms with Crippen LogP contribution in [0.1, 0.15) is 0 Å². The highest BCUT2D eigenvalue weighted by Gasteiger charge is 2.12. The summed E-state index contributed by atoms with van der Waals surface area (Å²) in [4.78, 5) is 0. The molecule has 0 saturated carbocycles. The Morgan fingerprint density at radius 1 is 1.14 bits per heavy atom. The summed E-state index contributed by atoms with van der Waals surface area (Å²) in [6.45, 7) is 0. The van der Waals surface area contributed by atoms with Crippen LogP contribution in [0.25, 0.3) is 10.1 Å². The zero-order chi connectivity index (χ0) is 10.1. The van der Waals surface area contributed by atoms with E-state index in [0.29, 0.717) is 0 Å². The molecule has 2 rings (SSSR count). The summed E-state index contributed by atoms with van der Waals surface area (Å²) in [5, 5.41) is 12.3. The van der Waals surface area contributed by atoms with E-state index in [1.54, 1.807) is 26.4 Å². The highest BCUT2D eigenvalue weighted by atomic mass is 32.1. The number of hydrogen-bond donors (Lipinski definition) is 1. The molecule has 14 heavy (non-hydrogen) atoms. The first-order chi connectivity index (χ1) is 6.77. The molecule has 1 aromatic carbocycles. The van der Waals surface area contributed by atoms with Crippen molar-refractivity contribution in [1.29, 1.82) is 0 Å². The molecule has 1 aromatic heterocycles. The van der Waals surface area contributed by atoms with Crippen LogP contribution in [0, 0.1) is 0 Å². The fraction of sp³-hybridized carbons (Fsp3) is 0.200. The van der Waals surface area contributed by atoms with Crippen LogP contribution in [0.3, 0.4) is 0 Å². The molecule has 0 saturated heterocycles. The van der Waals surface area contributed by atoms with Crippen molar-refractivity contribution in [2.24, 2.45) is 0 Å². The van der Waals surface area contributed by atoms with Crippen molar-refractivity contribution in [3.05, 3.63) is 17.5 Å². The number of ether oxygens (including phenoxy) is 2. The van der Waals surface area contributed by atoms with Crippen LogP contribution in [0.2, 0.25) is 0 Å². The lowest BCUT2D eigenvalue weighted by Gasteiger charge is -2.04. The Bertz CT molecular complexity index is 462. The van der Waals surface area contributed by atoms with Crippen LogP contribution in [0.5, 0.6) is 17.2 Å². The quantitative estimate of drug-likeness (QED) is 0.828. The molecule has 0 unspecified atom stereocenters. The Hall–Kier alpha value is -1.42. The maximum Gasteiger partial charge on any atom is 0.141 e. The largest absolute Gasteiger partial charge is 0.506 e. The smallest absolute Gasteiger partial charge is 0.141 e. The van der Waals surface area contributed by atoms with Crippen LogP contribution < -0.4 is 9.47 Å². The van der Waals surface area contributed by atoms with Gasteiger partial charge in [-0.1, -0.05) is 0 Å². The van der Waals surface area contributed by atoms with E-state index in [1.807, 2.05) is 5.38 Å². The zero-order valence-electron chi connectivity index (χ0n) is 7.90. The lowest BCUT2D eigenvalue weighted by Crippen LogP contribution is -1.85. The minimum atomic E-state index is 0.258. The molecule has 0 aliphatic carbocycles. The second kappa shape index (κ2) is 3.38. The minimum absolute atomic E-state index is 0.258. The van der Waals surface area contributed by atoms with E-state index in [4.69, 9.17) is 9.47 Å². The predicted molar refractivity (Wildman–Crippen MR) is 56.6 cm³/mol. The Morgan fingerprint density at radius 3 is 2.50 bits per heavy atom. The summed E-state index contributed by atoms with van der Waals surface area (Å²) in [7, 11) is 3.20. The Labute approximate surface area is 85.5 Å². The van der Waals surface area contributed by atoms with Crippen molar-refractivity contribution < 1.29 is 14.6 Å². The van der Waals surface area contributed by atoms with Crippen molar-refractivity contribution in [3.8, 4) is 17.2 Å². The molecule has 0 atom stereocenters. The number of rotatable bonds is 2. The van der Waals surface area contributed by atoms with E-state index in [0.717, 1.165) is 21.6 Å². The van der Waals surface area contributed by atoms with Gasteiger partial charge < -0.3 is 14.6 Å². The van der Waals surface area contributed by atoms with Gasteiger partial charge in [-0.2, -0.15) is 0 Å². The monoisotopic (exact) mass is 210 g/mol. The lowest BCUT2D eigenvalue weighted by atomic mass is 10.2. The number of fused-ring (bicyclic) bond motifs is 1. The molecule has 0 spiro atoms. The maximum atomic E-state index is 9.60. The third kappa shape index (κ3) is 1.19. The number of hydrogen-bond acceptors (Lipinski definition) is 4. The van der Waals surface area contributed by atoms with E-state index >= 15 is 0 Å². The average Bonchev–Trinajstić information content (AvgIpc) is 2.63. The Balaban J connectivity index is 2.82. The van der Waals surface area contributed by atoms with Crippen molar-refractivity contribution in [1.82, 2.24) is 0 Å². The van der Waals surface area contributed by atoms with Gasteiger partial charge >= 0.3 is 0 Å². The first kappa shape index (κ1) is 9.15. The molecule has 4 heteroatoms. The molecular weight excluding hydrogens is 200 g/mol. The zero-order valence-corrected chi connectivity index (χ0v) is 8.72. The first-order valence-electron chi connectivity index (χ1n) is 4.09. The van der Waals surface area contributed by atoms with Gasteiger partial charge in [0.1, 0.15) is 17.2 Å². The van der Waals surface area contributed by atoms with E-state index in [-0.39, 0.29) is 5.75 Å². The molecular formula is C10H10O3S. The van der Waals surface area contributed by atoms with Crippen molar-refractivity contribution >= 4 is 21.4 Å². The molecule has 0 amide bonds. The number of phenols is 1. The number of phenolic OH excluding ortho intramolecular Hbond substituents is 1. The SMILES string of the molecule is COc1ccc(O)c2scc(OC)c12. The number of methoxy groups -OCH3 is 2. The highest BCUT2D eigenvalue weighted by molar-refractivity contribution is 7.18. The lowest BCUT2D eigenvalue weighted by molar-refractivity contribution is 0.405. The van der Waals surface area contributed by atoms with Crippen LogP contribution in [-0.4, -0.2) is 19.3 Å². The molecule has 0 bridgehead atoms. The summed E-state index contributed by atoms with van der Waals surface area (Å²) >= 11 is 1.44. The highest BCUT2D eigenvalue weighted by Crippen LogP contribution is 2.43. The molecule has 1 N–H and O–H groups in total. The molecule has 74 valence electrons. The van der Waals surface area contributed by atoms with Gasteiger partial charge in [0.05, 0.1) is 24.3 Å². The van der Waals surface area contributed by atoms with Crippen LogP contribution in [0.4, 0.5) is 0 Å². The van der Waals surface area contributed by atoms with Crippen molar-refractivity contribution in [2.45, 2.75) is 0 Å². The van der Waals surface area contributed by atoms with Gasteiger partial charge in [0, 0.05) is 5.38 Å². The van der Waals surface area contributed by atoms with Gasteiger partial charge in [0.15, 0.2) is 0 Å². The standard InChI is InChI=1S/C10H10O3S/c1-12-7-4-3-6(11)10-9(7)8(13-2)5-14-10/h3-5,11H,1-2H3. The van der Waals surface area contributed by atoms with Gasteiger partial charge in [-0.05, 0) is 12.1 Å². The molecule has 0 aliphatic heterocycles. The van der Waals surface area contributed by atoms with E-state index in [9.17, 15) is 5.11 Å². The van der Waals surface area contributed by atoms with E-state index < -0.39 is 0 Å². The fourth-order valence-corrected chi connectivity index (χ4v) is 2.34. The Morgan fingerprint density at radius 2 is 1.86 bits per heavy atom. The van der Waals surface area contributed by atoms with Crippen molar-refractivity contribution in [3.63, 3.8) is 0 Å². The number of aromatic hydroxyl groups is 1. The summed E-state index contributed by atoms with van der Waals surface area (Å²) < 4.78 is 11.2. The molecule has 2 aromatic rings. The van der Waals surface area contributed by atoms with Gasteiger partial charge in [-0.25, -0.2) is 0 Å². The molecule has 3 nitrogen and oxygen atoms in total. The topological polar surface area (TPSA) is 38.7 Å². The van der Waals surface area contributed by atoms with Gasteiger partial charge in [0.25, 0.3) is 0 Å². The maximum absolute atomic E-state index is 9.60. The van der Waals surface area contributed by atoms with Gasteiger partial charge in [-0.15, -0.1) is 11.3 Å². The van der Waals surface area contributed by atoms with E-state index in [2.05, 4.69) is 0 Å². The summed E-state index contributed by atoms with van der Waals surface area (Å²) in [5.41, 5.74) is 0. The van der Waals surface area contributed by atoms with Crippen LogP contribution in [0.15, 0.2) is 17.5 Å². The predicted octanol–water partition coefficient (Wildman–Crippen LogP) is 2.62. The minimum Gasteiger partial charge on any atom is -0.506 e. The number of thiophene rings is 1. The fourth-order valence-electron chi connectivity index (χ4n) is 1.40. The second-order valence-corrected chi connectivity index (χ2v) is 3.67. The average molecular weight is 210 g/mol. The Kier molecular flexibility index (Phi) is 2.21. The molecule has 0 aliphatic rings. The number of benzene rings is 1. The normalized spacial score (nSPS) is 10.4. The van der Waals surface area contributed by atoms with E-state index in [1.165, 1.54) is 11.3 Å². The first-order valence-corrected chi connectivity index (χ1v) is 4.97. The van der Waals surface area contributed by atoms with Crippen molar-refractivity contribution in [2.75, 3.05) is 14.2 Å².